The van der Waals surface area contributed by atoms with Crippen LogP contribution in [0.25, 0.3) is 10.8 Å². The number of anilines is 1. The molecule has 27 heteroatoms. The van der Waals surface area contributed by atoms with Crippen molar-refractivity contribution in [1.82, 2.24) is 0 Å². The second kappa shape index (κ2) is 18.7. The molecule has 0 saturated carbocycles. The zero-order chi connectivity index (χ0) is 35.8. The summed E-state index contributed by atoms with van der Waals surface area (Å²) in [4.78, 5) is -2.37. The van der Waals surface area contributed by atoms with E-state index in [4.69, 9.17) is 33.5 Å². The van der Waals surface area contributed by atoms with Crippen molar-refractivity contribution in [2.45, 2.75) is 14.7 Å². The molecule has 0 bridgehead atoms. The van der Waals surface area contributed by atoms with Gasteiger partial charge in [-0.25, -0.2) is 12.6 Å². The van der Waals surface area contributed by atoms with Gasteiger partial charge in [-0.1, -0.05) is 29.3 Å². The normalized spacial score (nSPS) is 12.4. The smallest absolute Gasteiger partial charge is 0.397 e. The maximum atomic E-state index is 12.4. The third kappa shape index (κ3) is 12.1. The molecular formula is C24H19Cl2N5Na3O13S4. The number of nitrogen functional groups attached to an aromatic ring is 1. The van der Waals surface area contributed by atoms with Gasteiger partial charge in [-0.15, -0.1) is 15.3 Å². The summed E-state index contributed by atoms with van der Waals surface area (Å²) in [6, 6.07) is 9.86. The van der Waals surface area contributed by atoms with Gasteiger partial charge in [-0.2, -0.15) is 30.4 Å². The maximum Gasteiger partial charge on any atom is 0.397 e. The first kappa shape index (κ1) is 48.2. The second-order valence-corrected chi connectivity index (χ2v) is 16.1. The Kier molecular flexibility index (Phi) is 17.6. The van der Waals surface area contributed by atoms with Gasteiger partial charge in [0.1, 0.15) is 26.9 Å². The van der Waals surface area contributed by atoms with E-state index in [1.807, 2.05) is 0 Å². The average Bonchev–Trinajstić information content (AvgIpc) is 2.96. The van der Waals surface area contributed by atoms with Crippen molar-refractivity contribution >= 4 is 192 Å². The molecule has 4 aromatic carbocycles. The predicted molar refractivity (Wildman–Crippen MR) is 188 cm³/mol. The fourth-order valence-electron chi connectivity index (χ4n) is 3.97. The minimum absolute atomic E-state index is 0. The van der Waals surface area contributed by atoms with Crippen LogP contribution in [0.2, 0.25) is 10.0 Å². The van der Waals surface area contributed by atoms with Gasteiger partial charge in [-0.3, -0.25) is 13.7 Å². The Labute approximate surface area is 367 Å². The molecule has 0 atom stereocenters. The van der Waals surface area contributed by atoms with Gasteiger partial charge >= 0.3 is 10.4 Å². The average molecular weight is 854 g/mol. The van der Waals surface area contributed by atoms with E-state index in [1.165, 1.54) is 18.2 Å². The van der Waals surface area contributed by atoms with Gasteiger partial charge in [0.25, 0.3) is 20.2 Å². The minimum atomic E-state index is -5.21. The molecular weight excluding hydrogens is 834 g/mol. The summed E-state index contributed by atoms with van der Waals surface area (Å²) < 4.78 is 128. The predicted octanol–water partition coefficient (Wildman–Crippen LogP) is 4.21. The first-order valence-corrected chi connectivity index (χ1v) is 19.0. The summed E-state index contributed by atoms with van der Waals surface area (Å²) in [6.07, 6.45) is 0. The van der Waals surface area contributed by atoms with Gasteiger partial charge in [-0.05, 0) is 53.9 Å². The van der Waals surface area contributed by atoms with E-state index in [9.17, 15) is 47.9 Å². The van der Waals surface area contributed by atoms with Gasteiger partial charge in [0.2, 0.25) is 0 Å². The topological polar surface area (TPSA) is 302 Å². The van der Waals surface area contributed by atoms with Gasteiger partial charge < -0.3 is 10.8 Å². The number of halogens is 2. The minimum Gasteiger partial charge on any atom is -0.505 e. The molecule has 0 aliphatic heterocycles. The summed E-state index contributed by atoms with van der Waals surface area (Å²) in [6.45, 7) is -0.880. The van der Waals surface area contributed by atoms with Crippen molar-refractivity contribution in [2.75, 3.05) is 18.1 Å². The molecule has 0 amide bonds. The summed E-state index contributed by atoms with van der Waals surface area (Å²) >= 11 is 12.0. The zero-order valence-electron chi connectivity index (χ0n) is 26.3. The van der Waals surface area contributed by atoms with Gasteiger partial charge in [0.05, 0.1) is 44.1 Å². The molecule has 0 aliphatic carbocycles. The Bertz CT molecular complexity index is 2470. The number of phenols is 1. The molecule has 3 radical (unpaired) electrons. The van der Waals surface area contributed by atoms with Gasteiger partial charge in [0, 0.05) is 88.7 Å². The van der Waals surface area contributed by atoms with E-state index >= 15 is 0 Å². The van der Waals surface area contributed by atoms with Crippen molar-refractivity contribution < 1.29 is 56.6 Å². The zero-order valence-corrected chi connectivity index (χ0v) is 37.1. The second-order valence-electron chi connectivity index (χ2n) is 9.29. The molecule has 0 aromatic heterocycles. The SMILES string of the molecule is Nc1c(N=Nc2cccc(Cl)c2Cl)c(S(=O)(=O)O)cc2cc(S(=O)(=O)O)c(N=Nc3ccc(S(=O)(=O)CCOS(=O)(=O)O)cc3)c(O)c12.[Na].[Na].[Na]. The number of hydrogen-bond acceptors (Lipinski definition) is 15. The van der Waals surface area contributed by atoms with Crippen LogP contribution in [0, 0.1) is 0 Å². The van der Waals surface area contributed by atoms with Crippen LogP contribution in [0.15, 0.2) is 89.7 Å². The molecule has 0 saturated heterocycles. The van der Waals surface area contributed by atoms with E-state index in [0.29, 0.717) is 12.1 Å². The number of rotatable bonds is 11. The van der Waals surface area contributed by atoms with Gasteiger partial charge in [0.15, 0.2) is 15.6 Å². The number of benzene rings is 4. The van der Waals surface area contributed by atoms with Crippen LogP contribution < -0.4 is 5.73 Å². The molecule has 0 heterocycles. The number of hydrogen-bond donors (Lipinski definition) is 5. The fourth-order valence-corrected chi connectivity index (χ4v) is 7.12. The molecule has 4 aromatic rings. The van der Waals surface area contributed by atoms with E-state index in [1.54, 1.807) is 0 Å². The standard InChI is InChI=1S/C24H19Cl2N5O13S4.3Na/c25-15-2-1-3-16(20(15)26)29-30-22-17(46(35,36)37)10-12-11-18(47(38,39)40)23(24(32)19(12)21(22)27)31-28-13-4-6-14(7-5-13)45(33,34)9-8-44-48(41,42)43;;;/h1-7,10-11,32H,8-9,27H2,(H,35,36,37)(H,38,39,40)(H,41,42,43);;;. The number of azo groups is 2. The summed E-state index contributed by atoms with van der Waals surface area (Å²) in [5.74, 6) is -1.87. The first-order chi connectivity index (χ1) is 22.1. The molecule has 259 valence electrons. The molecule has 0 spiro atoms. The first-order valence-electron chi connectivity index (χ1n) is 12.4. The Morgan fingerprint density at radius 3 is 1.78 bits per heavy atom. The molecule has 51 heavy (non-hydrogen) atoms. The van der Waals surface area contributed by atoms with Crippen molar-refractivity contribution in [2.24, 2.45) is 20.5 Å². The van der Waals surface area contributed by atoms with E-state index < -0.39 is 96.2 Å². The van der Waals surface area contributed by atoms with Crippen LogP contribution >= 0.6 is 23.2 Å². The maximum absolute atomic E-state index is 12.4. The largest absolute Gasteiger partial charge is 0.505 e. The molecule has 0 aliphatic rings. The summed E-state index contributed by atoms with van der Waals surface area (Å²) in [5, 5.41) is 25.3. The van der Waals surface area contributed by atoms with Crippen molar-refractivity contribution in [1.29, 1.82) is 0 Å². The van der Waals surface area contributed by atoms with Crippen molar-refractivity contribution in [3.8, 4) is 5.75 Å². The number of nitrogens with two attached hydrogens (primary N) is 1. The number of nitrogens with zero attached hydrogens (tertiary/aromatic N) is 4. The number of aromatic hydroxyl groups is 1. The molecule has 0 unspecified atom stereocenters. The molecule has 18 nitrogen and oxygen atoms in total. The van der Waals surface area contributed by atoms with Crippen LogP contribution in [0.4, 0.5) is 28.4 Å². The van der Waals surface area contributed by atoms with E-state index in [0.717, 1.165) is 24.3 Å². The third-order valence-corrected chi connectivity index (χ3v) is 10.8. The van der Waals surface area contributed by atoms with E-state index in [-0.39, 0.29) is 115 Å². The number of fused-ring (bicyclic) bond motifs is 1. The Balaban J connectivity index is 0.00000433. The fraction of sp³-hybridized carbons (Fsp3) is 0.0833. The van der Waals surface area contributed by atoms with Crippen LogP contribution in [-0.4, -0.2) is 153 Å². The molecule has 6 N–H and O–H groups in total. The number of phenolic OH excluding ortho intramolecular Hbond substituents is 1. The Hall–Kier alpha value is -0.840. The quantitative estimate of drug-likeness (QED) is 0.0611. The Morgan fingerprint density at radius 2 is 1.25 bits per heavy atom. The Morgan fingerprint density at radius 1 is 0.725 bits per heavy atom. The van der Waals surface area contributed by atoms with Crippen LogP contribution in [0.1, 0.15) is 0 Å². The third-order valence-electron chi connectivity index (χ3n) is 6.10. The molecule has 4 rings (SSSR count). The summed E-state index contributed by atoms with van der Waals surface area (Å²) in [5.41, 5.74) is 3.74. The van der Waals surface area contributed by atoms with Crippen molar-refractivity contribution in [3.05, 3.63) is 64.6 Å². The summed E-state index contributed by atoms with van der Waals surface area (Å²) in [7, 11) is -19.3. The van der Waals surface area contributed by atoms with Crippen LogP contribution in [0.3, 0.4) is 0 Å². The van der Waals surface area contributed by atoms with E-state index in [2.05, 4.69) is 24.6 Å². The number of sulfone groups is 1. The monoisotopic (exact) mass is 852 g/mol. The molecule has 0 fully saturated rings. The van der Waals surface area contributed by atoms with Crippen LogP contribution in [0.5, 0.6) is 5.75 Å². The van der Waals surface area contributed by atoms with Crippen LogP contribution in [-0.2, 0) is 44.7 Å². The van der Waals surface area contributed by atoms with Crippen molar-refractivity contribution in [3.63, 3.8) is 0 Å².